The number of benzene rings is 1. The Morgan fingerprint density at radius 3 is 2.54 bits per heavy atom. The summed E-state index contributed by atoms with van der Waals surface area (Å²) in [7, 11) is 4.13. The summed E-state index contributed by atoms with van der Waals surface area (Å²) in [6.45, 7) is 8.32. The molecule has 1 aliphatic rings. The lowest BCUT2D eigenvalue weighted by Crippen LogP contribution is -2.48. The van der Waals surface area contributed by atoms with Crippen LogP contribution in [0.25, 0.3) is 0 Å². The van der Waals surface area contributed by atoms with Crippen molar-refractivity contribution < 1.29 is 4.79 Å². The molecule has 1 saturated heterocycles. The summed E-state index contributed by atoms with van der Waals surface area (Å²) in [4.78, 5) is 17.0. The summed E-state index contributed by atoms with van der Waals surface area (Å²) in [5, 5.41) is 3.08. The summed E-state index contributed by atoms with van der Waals surface area (Å²) >= 11 is 1.95. The maximum atomic E-state index is 12.8. The Labute approximate surface area is 151 Å². The van der Waals surface area contributed by atoms with E-state index in [-0.39, 0.29) is 17.5 Å². The second kappa shape index (κ2) is 8.26. The van der Waals surface area contributed by atoms with Crippen molar-refractivity contribution >= 4 is 23.5 Å². The summed E-state index contributed by atoms with van der Waals surface area (Å²) in [5.74, 6) is 2.14. The average molecular weight is 350 g/mol. The first-order chi connectivity index (χ1) is 11.3. The largest absolute Gasteiger partial charge is 0.322 e. The van der Waals surface area contributed by atoms with Gasteiger partial charge in [0.1, 0.15) is 0 Å². The molecule has 5 heteroatoms. The van der Waals surface area contributed by atoms with Crippen LogP contribution < -0.4 is 5.32 Å². The number of hydrogen-bond acceptors (Lipinski definition) is 3. The SMILES string of the molecule is CN(C)C[C@H]1CSCCCN1C(=O)Nc1ccc(C(C)(C)C)cc1. The number of carbonyl (C=O) groups excluding carboxylic acids is 1. The minimum Gasteiger partial charge on any atom is -0.319 e. The second-order valence-corrected chi connectivity index (χ2v) is 8.95. The van der Waals surface area contributed by atoms with Gasteiger partial charge in [-0.15, -0.1) is 0 Å². The van der Waals surface area contributed by atoms with Crippen LogP contribution in [0.1, 0.15) is 32.8 Å². The smallest absolute Gasteiger partial charge is 0.319 e. The number of thioether (sulfide) groups is 1. The lowest BCUT2D eigenvalue weighted by Gasteiger charge is -2.31. The number of nitrogens with zero attached hydrogens (tertiary/aromatic N) is 2. The van der Waals surface area contributed by atoms with Crippen LogP contribution in [-0.2, 0) is 5.41 Å². The number of anilines is 1. The van der Waals surface area contributed by atoms with Crippen molar-refractivity contribution in [2.45, 2.75) is 38.6 Å². The molecule has 0 saturated carbocycles. The number of hydrogen-bond donors (Lipinski definition) is 1. The Hall–Kier alpha value is -1.20. The van der Waals surface area contributed by atoms with Gasteiger partial charge in [-0.25, -0.2) is 4.79 Å². The van der Waals surface area contributed by atoms with Crippen molar-refractivity contribution in [2.24, 2.45) is 0 Å². The summed E-state index contributed by atoms with van der Waals surface area (Å²) in [6.07, 6.45) is 1.06. The molecule has 1 aromatic carbocycles. The molecule has 1 aliphatic heterocycles. The van der Waals surface area contributed by atoms with Crippen molar-refractivity contribution in [3.8, 4) is 0 Å². The van der Waals surface area contributed by atoms with E-state index in [2.05, 4.69) is 57.2 Å². The average Bonchev–Trinajstić information content (AvgIpc) is 2.71. The first-order valence-electron chi connectivity index (χ1n) is 8.68. The van der Waals surface area contributed by atoms with Crippen LogP contribution in [0.5, 0.6) is 0 Å². The zero-order valence-electron chi connectivity index (χ0n) is 15.6. The highest BCUT2D eigenvalue weighted by Crippen LogP contribution is 2.24. The molecule has 0 radical (unpaired) electrons. The molecule has 2 rings (SSSR count). The zero-order chi connectivity index (χ0) is 17.7. The third kappa shape index (κ3) is 5.42. The number of nitrogens with one attached hydrogen (secondary N) is 1. The third-order valence-electron chi connectivity index (χ3n) is 4.28. The second-order valence-electron chi connectivity index (χ2n) is 7.80. The predicted octanol–water partition coefficient (Wildman–Crippen LogP) is 3.89. The van der Waals surface area contributed by atoms with Gasteiger partial charge in [-0.3, -0.25) is 0 Å². The number of likely N-dealkylation sites (N-methyl/N-ethyl adjacent to an activating group) is 1. The Morgan fingerprint density at radius 2 is 1.96 bits per heavy atom. The van der Waals surface area contributed by atoms with E-state index >= 15 is 0 Å². The van der Waals surface area contributed by atoms with Gasteiger partial charge in [-0.1, -0.05) is 32.9 Å². The summed E-state index contributed by atoms with van der Waals surface area (Å²) in [5.41, 5.74) is 2.27. The molecular weight excluding hydrogens is 318 g/mol. The van der Waals surface area contributed by atoms with Gasteiger partial charge in [-0.05, 0) is 49.4 Å². The van der Waals surface area contributed by atoms with Crippen LogP contribution in [0.4, 0.5) is 10.5 Å². The van der Waals surface area contributed by atoms with E-state index < -0.39 is 0 Å². The minimum atomic E-state index is 0.0212. The van der Waals surface area contributed by atoms with E-state index in [0.29, 0.717) is 0 Å². The van der Waals surface area contributed by atoms with Gasteiger partial charge in [0.25, 0.3) is 0 Å². The maximum absolute atomic E-state index is 12.8. The number of carbonyl (C=O) groups is 1. The monoisotopic (exact) mass is 349 g/mol. The lowest BCUT2D eigenvalue weighted by molar-refractivity contribution is 0.180. The number of rotatable bonds is 3. The number of amides is 2. The van der Waals surface area contributed by atoms with E-state index in [1.54, 1.807) is 0 Å². The van der Waals surface area contributed by atoms with Gasteiger partial charge in [0.2, 0.25) is 0 Å². The molecule has 1 aromatic rings. The third-order valence-corrected chi connectivity index (χ3v) is 5.48. The molecule has 0 bridgehead atoms. The highest BCUT2D eigenvalue weighted by molar-refractivity contribution is 7.99. The topological polar surface area (TPSA) is 35.6 Å². The Bertz CT molecular complexity index is 537. The molecule has 0 unspecified atom stereocenters. The molecule has 1 heterocycles. The highest BCUT2D eigenvalue weighted by Gasteiger charge is 2.26. The molecule has 1 N–H and O–H groups in total. The normalized spacial score (nSPS) is 19.2. The van der Waals surface area contributed by atoms with Gasteiger partial charge in [0.15, 0.2) is 0 Å². The van der Waals surface area contributed by atoms with Crippen molar-refractivity contribution in [3.05, 3.63) is 29.8 Å². The Morgan fingerprint density at radius 1 is 1.29 bits per heavy atom. The molecular formula is C19H31N3OS. The molecule has 0 spiro atoms. The zero-order valence-corrected chi connectivity index (χ0v) is 16.4. The molecule has 2 amide bonds. The van der Waals surface area contributed by atoms with E-state index in [0.717, 1.165) is 36.7 Å². The first kappa shape index (κ1) is 19.1. The van der Waals surface area contributed by atoms with Crippen LogP contribution in [0, 0.1) is 0 Å². The summed E-state index contributed by atoms with van der Waals surface area (Å²) < 4.78 is 0. The Balaban J connectivity index is 2.05. The van der Waals surface area contributed by atoms with E-state index in [1.165, 1.54) is 5.56 Å². The quantitative estimate of drug-likeness (QED) is 0.899. The van der Waals surface area contributed by atoms with Crippen molar-refractivity contribution in [2.75, 3.05) is 44.0 Å². The fourth-order valence-corrected chi connectivity index (χ4v) is 3.98. The summed E-state index contributed by atoms with van der Waals surface area (Å²) in [6, 6.07) is 8.50. The van der Waals surface area contributed by atoms with Crippen LogP contribution in [0.15, 0.2) is 24.3 Å². The molecule has 1 fully saturated rings. The molecule has 4 nitrogen and oxygen atoms in total. The predicted molar refractivity (Wildman–Crippen MR) is 105 cm³/mol. The van der Waals surface area contributed by atoms with Crippen LogP contribution in [-0.4, -0.2) is 60.6 Å². The van der Waals surface area contributed by atoms with E-state index in [4.69, 9.17) is 0 Å². The number of urea groups is 1. The molecule has 134 valence electrons. The fourth-order valence-electron chi connectivity index (χ4n) is 2.92. The van der Waals surface area contributed by atoms with Gasteiger partial charge in [0, 0.05) is 24.5 Å². The van der Waals surface area contributed by atoms with Gasteiger partial charge >= 0.3 is 6.03 Å². The van der Waals surface area contributed by atoms with E-state index in [1.807, 2.05) is 28.8 Å². The fraction of sp³-hybridized carbons (Fsp3) is 0.632. The van der Waals surface area contributed by atoms with Crippen molar-refractivity contribution in [3.63, 3.8) is 0 Å². The van der Waals surface area contributed by atoms with Crippen LogP contribution in [0.3, 0.4) is 0 Å². The molecule has 0 aromatic heterocycles. The van der Waals surface area contributed by atoms with E-state index in [9.17, 15) is 4.79 Å². The van der Waals surface area contributed by atoms with Crippen molar-refractivity contribution in [1.29, 1.82) is 0 Å². The first-order valence-corrected chi connectivity index (χ1v) is 9.83. The van der Waals surface area contributed by atoms with Crippen LogP contribution >= 0.6 is 11.8 Å². The van der Waals surface area contributed by atoms with Crippen molar-refractivity contribution in [1.82, 2.24) is 9.80 Å². The van der Waals surface area contributed by atoms with Gasteiger partial charge in [-0.2, -0.15) is 11.8 Å². The molecule has 24 heavy (non-hydrogen) atoms. The standard InChI is InChI=1S/C19H31N3OS/c1-19(2,3)15-7-9-16(10-8-15)20-18(23)22-11-6-12-24-14-17(22)13-21(4)5/h7-10,17H,6,11-14H2,1-5H3,(H,20,23)/t17-/m0/s1. The van der Waals surface area contributed by atoms with Gasteiger partial charge < -0.3 is 15.1 Å². The Kier molecular flexibility index (Phi) is 6.58. The molecule has 1 atom stereocenters. The van der Waals surface area contributed by atoms with Crippen LogP contribution in [0.2, 0.25) is 0 Å². The van der Waals surface area contributed by atoms with Gasteiger partial charge in [0.05, 0.1) is 6.04 Å². The molecule has 0 aliphatic carbocycles. The lowest BCUT2D eigenvalue weighted by atomic mass is 9.87. The minimum absolute atomic E-state index is 0.0212. The maximum Gasteiger partial charge on any atom is 0.322 e. The highest BCUT2D eigenvalue weighted by atomic mass is 32.2.